The van der Waals surface area contributed by atoms with Gasteiger partial charge in [0.25, 0.3) is 5.91 Å². The van der Waals surface area contributed by atoms with Gasteiger partial charge < -0.3 is 16.4 Å². The third-order valence-corrected chi connectivity index (χ3v) is 2.56. The molecule has 0 saturated heterocycles. The van der Waals surface area contributed by atoms with E-state index in [9.17, 15) is 4.79 Å². The largest absolute Gasteiger partial charge is 0.397 e. The molecule has 6 heteroatoms. The summed E-state index contributed by atoms with van der Waals surface area (Å²) < 4.78 is 0. The molecule has 2 aromatic heterocycles. The maximum Gasteiger partial charge on any atom is 0.250 e. The van der Waals surface area contributed by atoms with Crippen LogP contribution in [0.5, 0.6) is 0 Å². The number of nitrogens with zero attached hydrogens (tertiary/aromatic N) is 3. The summed E-state index contributed by atoms with van der Waals surface area (Å²) in [6.07, 6.45) is 4.80. The predicted octanol–water partition coefficient (Wildman–Crippen LogP) is 0.926. The van der Waals surface area contributed by atoms with E-state index in [1.807, 2.05) is 19.2 Å². The molecule has 0 unspecified atom stereocenters. The van der Waals surface area contributed by atoms with Crippen molar-refractivity contribution in [2.24, 2.45) is 5.73 Å². The molecule has 0 bridgehead atoms. The van der Waals surface area contributed by atoms with Gasteiger partial charge >= 0.3 is 0 Å². The van der Waals surface area contributed by atoms with Gasteiger partial charge in [0.1, 0.15) is 5.82 Å². The molecule has 0 radical (unpaired) electrons. The fraction of sp³-hybridized carbons (Fsp3) is 0.0833. The third-order valence-electron chi connectivity index (χ3n) is 2.56. The SMILES string of the molecule is CN(c1cccnc1)c1cc(C(N)=O)c(N)cn1. The molecule has 92 valence electrons. The lowest BCUT2D eigenvalue weighted by Crippen LogP contribution is -2.17. The Kier molecular flexibility index (Phi) is 3.09. The maximum atomic E-state index is 11.2. The molecule has 2 rings (SSSR count). The Bertz CT molecular complexity index is 570. The summed E-state index contributed by atoms with van der Waals surface area (Å²) in [6, 6.07) is 5.26. The first kappa shape index (κ1) is 11.8. The van der Waals surface area contributed by atoms with E-state index in [0.717, 1.165) is 5.69 Å². The highest BCUT2D eigenvalue weighted by Gasteiger charge is 2.11. The van der Waals surface area contributed by atoms with E-state index in [1.54, 1.807) is 23.4 Å². The van der Waals surface area contributed by atoms with Gasteiger partial charge in [-0.05, 0) is 18.2 Å². The number of aromatic nitrogens is 2. The fourth-order valence-electron chi connectivity index (χ4n) is 1.54. The van der Waals surface area contributed by atoms with Crippen molar-refractivity contribution in [3.8, 4) is 0 Å². The van der Waals surface area contributed by atoms with Crippen LogP contribution in [0.15, 0.2) is 36.8 Å². The van der Waals surface area contributed by atoms with Gasteiger partial charge in [-0.2, -0.15) is 0 Å². The second-order valence-electron chi connectivity index (χ2n) is 3.76. The zero-order valence-corrected chi connectivity index (χ0v) is 9.87. The minimum atomic E-state index is -0.573. The van der Waals surface area contributed by atoms with Crippen LogP contribution in [-0.4, -0.2) is 22.9 Å². The van der Waals surface area contributed by atoms with Crippen LogP contribution < -0.4 is 16.4 Å². The number of nitrogen functional groups attached to an aromatic ring is 1. The number of hydrogen-bond acceptors (Lipinski definition) is 5. The van der Waals surface area contributed by atoms with E-state index in [0.29, 0.717) is 5.82 Å². The highest BCUT2D eigenvalue weighted by molar-refractivity contribution is 5.98. The Morgan fingerprint density at radius 2 is 2.17 bits per heavy atom. The van der Waals surface area contributed by atoms with Crippen LogP contribution in [0, 0.1) is 0 Å². The Morgan fingerprint density at radius 3 is 2.78 bits per heavy atom. The van der Waals surface area contributed by atoms with Gasteiger partial charge in [0.05, 0.1) is 29.3 Å². The molecular weight excluding hydrogens is 230 g/mol. The number of amides is 1. The van der Waals surface area contributed by atoms with E-state index in [4.69, 9.17) is 11.5 Å². The second kappa shape index (κ2) is 4.70. The van der Waals surface area contributed by atoms with Crippen LogP contribution in [0.1, 0.15) is 10.4 Å². The van der Waals surface area contributed by atoms with Crippen LogP contribution in [0.4, 0.5) is 17.2 Å². The molecule has 1 amide bonds. The van der Waals surface area contributed by atoms with Crippen LogP contribution >= 0.6 is 0 Å². The number of nitrogens with two attached hydrogens (primary N) is 2. The fourth-order valence-corrected chi connectivity index (χ4v) is 1.54. The Balaban J connectivity index is 2.40. The summed E-state index contributed by atoms with van der Waals surface area (Å²) >= 11 is 0. The van der Waals surface area contributed by atoms with Crippen molar-refractivity contribution >= 4 is 23.1 Å². The third kappa shape index (κ3) is 2.22. The highest BCUT2D eigenvalue weighted by Crippen LogP contribution is 2.23. The summed E-state index contributed by atoms with van der Waals surface area (Å²) in [7, 11) is 1.82. The summed E-state index contributed by atoms with van der Waals surface area (Å²) in [5, 5.41) is 0. The standard InChI is InChI=1S/C12H13N5O/c1-17(8-3-2-4-15-6-8)11-5-9(12(14)18)10(13)7-16-11/h2-7H,13H2,1H3,(H2,14,18). The van der Waals surface area contributed by atoms with E-state index in [-0.39, 0.29) is 11.3 Å². The molecule has 0 atom stereocenters. The summed E-state index contributed by atoms with van der Waals surface area (Å²) in [5.41, 5.74) is 12.3. The number of pyridine rings is 2. The Hall–Kier alpha value is -2.63. The number of carbonyl (C=O) groups excluding carboxylic acids is 1. The van der Waals surface area contributed by atoms with Crippen molar-refractivity contribution in [1.29, 1.82) is 0 Å². The molecular formula is C12H13N5O. The lowest BCUT2D eigenvalue weighted by Gasteiger charge is -2.18. The van der Waals surface area contributed by atoms with Crippen molar-refractivity contribution in [1.82, 2.24) is 9.97 Å². The van der Waals surface area contributed by atoms with E-state index < -0.39 is 5.91 Å². The van der Waals surface area contributed by atoms with E-state index >= 15 is 0 Å². The lowest BCUT2D eigenvalue weighted by molar-refractivity contribution is 0.100. The first-order valence-corrected chi connectivity index (χ1v) is 5.28. The molecule has 2 heterocycles. The number of carbonyl (C=O) groups is 1. The predicted molar refractivity (Wildman–Crippen MR) is 69.5 cm³/mol. The van der Waals surface area contributed by atoms with Crippen molar-refractivity contribution in [2.75, 3.05) is 17.7 Å². The van der Waals surface area contributed by atoms with Gasteiger partial charge in [0.2, 0.25) is 0 Å². The normalized spacial score (nSPS) is 10.1. The molecule has 2 aromatic rings. The van der Waals surface area contributed by atoms with Gasteiger partial charge in [0.15, 0.2) is 0 Å². The lowest BCUT2D eigenvalue weighted by atomic mass is 10.2. The Morgan fingerprint density at radius 1 is 1.39 bits per heavy atom. The molecule has 0 aliphatic heterocycles. The molecule has 0 saturated carbocycles. The number of hydrogen-bond donors (Lipinski definition) is 2. The van der Waals surface area contributed by atoms with Gasteiger partial charge in [-0.3, -0.25) is 9.78 Å². The number of primary amides is 1. The summed E-state index contributed by atoms with van der Waals surface area (Å²) in [6.45, 7) is 0. The van der Waals surface area contributed by atoms with E-state index in [2.05, 4.69) is 9.97 Å². The zero-order valence-electron chi connectivity index (χ0n) is 9.87. The second-order valence-corrected chi connectivity index (χ2v) is 3.76. The zero-order chi connectivity index (χ0) is 13.1. The monoisotopic (exact) mass is 243 g/mol. The smallest absolute Gasteiger partial charge is 0.250 e. The maximum absolute atomic E-state index is 11.2. The highest BCUT2D eigenvalue weighted by atomic mass is 16.1. The molecule has 6 nitrogen and oxygen atoms in total. The summed E-state index contributed by atoms with van der Waals surface area (Å²) in [4.78, 5) is 21.2. The molecule has 0 aromatic carbocycles. The first-order valence-electron chi connectivity index (χ1n) is 5.28. The van der Waals surface area contributed by atoms with Crippen LogP contribution in [0.2, 0.25) is 0 Å². The molecule has 0 aliphatic rings. The molecule has 4 N–H and O–H groups in total. The van der Waals surface area contributed by atoms with Crippen molar-refractivity contribution in [2.45, 2.75) is 0 Å². The summed E-state index contributed by atoms with van der Waals surface area (Å²) in [5.74, 6) is 0.00161. The average Bonchev–Trinajstić information content (AvgIpc) is 2.39. The molecule has 0 fully saturated rings. The van der Waals surface area contributed by atoms with Gasteiger partial charge in [-0.1, -0.05) is 0 Å². The van der Waals surface area contributed by atoms with Gasteiger partial charge in [-0.15, -0.1) is 0 Å². The molecule has 18 heavy (non-hydrogen) atoms. The molecule has 0 aliphatic carbocycles. The Labute approximate surface area is 104 Å². The van der Waals surface area contributed by atoms with Gasteiger partial charge in [-0.25, -0.2) is 4.98 Å². The van der Waals surface area contributed by atoms with Crippen molar-refractivity contribution < 1.29 is 4.79 Å². The molecule has 0 spiro atoms. The van der Waals surface area contributed by atoms with Crippen molar-refractivity contribution in [3.63, 3.8) is 0 Å². The quantitative estimate of drug-likeness (QED) is 0.835. The average molecular weight is 243 g/mol. The van der Waals surface area contributed by atoms with Crippen LogP contribution in [0.25, 0.3) is 0 Å². The van der Waals surface area contributed by atoms with Crippen LogP contribution in [0.3, 0.4) is 0 Å². The van der Waals surface area contributed by atoms with Gasteiger partial charge in [0, 0.05) is 13.2 Å². The number of anilines is 3. The minimum absolute atomic E-state index is 0.260. The van der Waals surface area contributed by atoms with E-state index in [1.165, 1.54) is 6.20 Å². The van der Waals surface area contributed by atoms with Crippen molar-refractivity contribution in [3.05, 3.63) is 42.4 Å². The van der Waals surface area contributed by atoms with Crippen LogP contribution in [-0.2, 0) is 0 Å². The minimum Gasteiger partial charge on any atom is -0.397 e. The topological polar surface area (TPSA) is 98.1 Å². The number of rotatable bonds is 3. The first-order chi connectivity index (χ1) is 8.59.